The lowest BCUT2D eigenvalue weighted by Gasteiger charge is -2.38. The highest BCUT2D eigenvalue weighted by molar-refractivity contribution is 7.09. The number of fused-ring (bicyclic) bond motifs is 1. The third kappa shape index (κ3) is 4.64. The fraction of sp³-hybridized carbons (Fsp3) is 0.409. The van der Waals surface area contributed by atoms with Crippen LogP contribution in [0.4, 0.5) is 0 Å². The van der Waals surface area contributed by atoms with Gasteiger partial charge in [0, 0.05) is 23.9 Å². The summed E-state index contributed by atoms with van der Waals surface area (Å²) in [6.07, 6.45) is 0.840. The first-order chi connectivity index (χ1) is 14.4. The fourth-order valence-corrected chi connectivity index (χ4v) is 4.22. The van der Waals surface area contributed by atoms with Gasteiger partial charge in [0.05, 0.1) is 12.6 Å². The number of hydrogen-bond donors (Lipinski definition) is 2. The summed E-state index contributed by atoms with van der Waals surface area (Å²) in [7, 11) is 1.96. The average molecular weight is 425 g/mol. The van der Waals surface area contributed by atoms with Crippen LogP contribution in [-0.4, -0.2) is 26.3 Å². The van der Waals surface area contributed by atoms with Gasteiger partial charge in [0.1, 0.15) is 23.7 Å². The third-order valence-corrected chi connectivity index (χ3v) is 6.14. The van der Waals surface area contributed by atoms with E-state index < -0.39 is 0 Å². The van der Waals surface area contributed by atoms with Crippen molar-refractivity contribution in [2.45, 2.75) is 51.9 Å². The first kappa shape index (κ1) is 20.4. The fourth-order valence-electron chi connectivity index (χ4n) is 3.57. The van der Waals surface area contributed by atoms with E-state index >= 15 is 0 Å². The molecule has 1 aliphatic rings. The van der Waals surface area contributed by atoms with Gasteiger partial charge in [0.15, 0.2) is 11.8 Å². The Labute approximate surface area is 181 Å². The van der Waals surface area contributed by atoms with Crippen LogP contribution in [0.15, 0.2) is 46.8 Å². The molecule has 2 aromatic heterocycles. The lowest BCUT2D eigenvalue weighted by molar-refractivity contribution is 0.0694. The number of nitrogens with zero attached hydrogens (tertiary/aromatic N) is 4. The molecule has 4 rings (SSSR count). The highest BCUT2D eigenvalue weighted by Gasteiger charge is 2.34. The molecule has 0 saturated carbocycles. The minimum Gasteiger partial charge on any atom is -0.487 e. The number of para-hydroxylation sites is 1. The van der Waals surface area contributed by atoms with E-state index in [0.717, 1.165) is 41.9 Å². The Morgan fingerprint density at radius 2 is 2.10 bits per heavy atom. The van der Waals surface area contributed by atoms with Crippen LogP contribution in [0.25, 0.3) is 0 Å². The van der Waals surface area contributed by atoms with E-state index in [1.54, 1.807) is 11.3 Å². The van der Waals surface area contributed by atoms with E-state index in [9.17, 15) is 0 Å². The lowest BCUT2D eigenvalue weighted by atomic mass is 9.90. The van der Waals surface area contributed by atoms with Crippen molar-refractivity contribution in [3.63, 3.8) is 0 Å². The molecule has 0 spiro atoms. The number of guanidine groups is 1. The molecule has 30 heavy (non-hydrogen) atoms. The molecule has 3 aromatic rings. The molecule has 1 atom stereocenters. The number of aromatic nitrogens is 3. The summed E-state index contributed by atoms with van der Waals surface area (Å²) >= 11 is 1.73. The highest BCUT2D eigenvalue weighted by Crippen LogP contribution is 2.39. The van der Waals surface area contributed by atoms with E-state index in [1.807, 2.05) is 36.7 Å². The number of rotatable bonds is 5. The first-order valence-corrected chi connectivity index (χ1v) is 11.0. The minimum atomic E-state index is -0.258. The Kier molecular flexibility index (Phi) is 5.76. The van der Waals surface area contributed by atoms with E-state index in [1.165, 1.54) is 4.88 Å². The van der Waals surface area contributed by atoms with Crippen LogP contribution in [0.2, 0.25) is 0 Å². The monoisotopic (exact) mass is 424 g/mol. The predicted molar refractivity (Wildman–Crippen MR) is 120 cm³/mol. The number of thiophene rings is 1. The van der Waals surface area contributed by atoms with Gasteiger partial charge in [-0.1, -0.05) is 24.3 Å². The molecule has 158 valence electrons. The van der Waals surface area contributed by atoms with Gasteiger partial charge in [-0.25, -0.2) is 4.99 Å². The second-order valence-corrected chi connectivity index (χ2v) is 9.15. The molecule has 0 aliphatic carbocycles. The molecule has 0 bridgehead atoms. The first-order valence-electron chi connectivity index (χ1n) is 10.1. The van der Waals surface area contributed by atoms with Gasteiger partial charge in [-0.3, -0.25) is 0 Å². The van der Waals surface area contributed by atoms with E-state index in [2.05, 4.69) is 58.3 Å². The summed E-state index contributed by atoms with van der Waals surface area (Å²) in [6, 6.07) is 12.5. The van der Waals surface area contributed by atoms with E-state index in [0.29, 0.717) is 6.54 Å². The zero-order valence-electron chi connectivity index (χ0n) is 17.8. The third-order valence-electron chi connectivity index (χ3n) is 5.26. The molecule has 1 unspecified atom stereocenters. The molecule has 2 N–H and O–H groups in total. The molecular formula is C22H28N6OS. The topological polar surface area (TPSA) is 76.4 Å². The molecule has 0 radical (unpaired) electrons. The zero-order chi connectivity index (χ0) is 21.1. The smallest absolute Gasteiger partial charge is 0.192 e. The predicted octanol–water partition coefficient (Wildman–Crippen LogP) is 3.72. The summed E-state index contributed by atoms with van der Waals surface area (Å²) in [6.45, 7) is 7.35. The summed E-state index contributed by atoms with van der Waals surface area (Å²) in [5.41, 5.74) is 0.892. The minimum absolute atomic E-state index is 0.0979. The molecule has 1 aliphatic heterocycles. The molecule has 8 heteroatoms. The van der Waals surface area contributed by atoms with Crippen molar-refractivity contribution >= 4 is 17.3 Å². The highest BCUT2D eigenvalue weighted by atomic mass is 32.1. The molecule has 7 nitrogen and oxygen atoms in total. The Hall–Kier alpha value is -2.87. The van der Waals surface area contributed by atoms with Crippen molar-refractivity contribution in [3.05, 3.63) is 63.9 Å². The van der Waals surface area contributed by atoms with E-state index in [-0.39, 0.29) is 11.6 Å². The maximum Gasteiger partial charge on any atom is 0.192 e. The Balaban J connectivity index is 1.57. The molecule has 3 heterocycles. The number of hydrogen-bond acceptors (Lipinski definition) is 5. The molecule has 0 amide bonds. The number of ether oxygens (including phenoxy) is 1. The van der Waals surface area contributed by atoms with Gasteiger partial charge in [0.2, 0.25) is 0 Å². The van der Waals surface area contributed by atoms with Gasteiger partial charge >= 0.3 is 0 Å². The van der Waals surface area contributed by atoms with Gasteiger partial charge in [0.25, 0.3) is 0 Å². The van der Waals surface area contributed by atoms with Crippen molar-refractivity contribution in [2.75, 3.05) is 0 Å². The molecular weight excluding hydrogens is 396 g/mol. The van der Waals surface area contributed by atoms with Gasteiger partial charge in [-0.05, 0) is 38.3 Å². The van der Waals surface area contributed by atoms with Crippen molar-refractivity contribution < 1.29 is 4.74 Å². The second kappa shape index (κ2) is 8.47. The Bertz CT molecular complexity index is 1020. The van der Waals surface area contributed by atoms with Gasteiger partial charge in [-0.2, -0.15) is 0 Å². The van der Waals surface area contributed by atoms with Gasteiger partial charge in [-0.15, -0.1) is 21.5 Å². The maximum absolute atomic E-state index is 6.18. The largest absolute Gasteiger partial charge is 0.487 e. The average Bonchev–Trinajstić information content (AvgIpc) is 3.34. The Morgan fingerprint density at radius 3 is 2.83 bits per heavy atom. The molecule has 0 fully saturated rings. The zero-order valence-corrected chi connectivity index (χ0v) is 18.7. The normalized spacial score (nSPS) is 17.9. The van der Waals surface area contributed by atoms with Crippen LogP contribution in [0, 0.1) is 6.92 Å². The summed E-state index contributed by atoms with van der Waals surface area (Å²) in [5, 5.41) is 17.6. The van der Waals surface area contributed by atoms with Crippen molar-refractivity contribution in [1.29, 1.82) is 0 Å². The lowest BCUT2D eigenvalue weighted by Crippen LogP contribution is -2.45. The second-order valence-electron chi connectivity index (χ2n) is 8.12. The van der Waals surface area contributed by atoms with Crippen LogP contribution in [0.1, 0.15) is 48.4 Å². The standard InChI is InChI=1S/C22H28N6OS/c1-15-26-27-20(28(15)4)14-24-21(23-13-16-8-7-11-30-16)25-18-12-22(2,3)29-19-10-6-5-9-17(18)19/h5-11,18H,12-14H2,1-4H3,(H2,23,24,25). The number of benzene rings is 1. The SMILES string of the molecule is Cc1nnc(CN=C(NCc2cccs2)NC2CC(C)(C)Oc3ccccc32)n1C. The number of aliphatic imine (C=N–C) groups is 1. The van der Waals surface area contributed by atoms with Crippen LogP contribution in [0.3, 0.4) is 0 Å². The summed E-state index contributed by atoms with van der Waals surface area (Å²) < 4.78 is 8.14. The Morgan fingerprint density at radius 1 is 1.27 bits per heavy atom. The van der Waals surface area contributed by atoms with Gasteiger partial charge < -0.3 is 19.9 Å². The van der Waals surface area contributed by atoms with Crippen molar-refractivity contribution in [3.8, 4) is 5.75 Å². The number of aryl methyl sites for hydroxylation is 1. The van der Waals surface area contributed by atoms with Crippen molar-refractivity contribution in [2.24, 2.45) is 12.0 Å². The van der Waals surface area contributed by atoms with Crippen LogP contribution < -0.4 is 15.4 Å². The van der Waals surface area contributed by atoms with Crippen LogP contribution >= 0.6 is 11.3 Å². The van der Waals surface area contributed by atoms with E-state index in [4.69, 9.17) is 9.73 Å². The van der Waals surface area contributed by atoms with Crippen molar-refractivity contribution in [1.82, 2.24) is 25.4 Å². The van der Waals surface area contributed by atoms with Crippen LogP contribution in [-0.2, 0) is 20.1 Å². The molecule has 1 aromatic carbocycles. The summed E-state index contributed by atoms with van der Waals surface area (Å²) in [4.78, 5) is 6.07. The van der Waals surface area contributed by atoms with Crippen LogP contribution in [0.5, 0.6) is 5.75 Å². The number of nitrogens with one attached hydrogen (secondary N) is 2. The quantitative estimate of drug-likeness (QED) is 0.482. The maximum atomic E-state index is 6.18. The summed E-state index contributed by atoms with van der Waals surface area (Å²) in [5.74, 6) is 3.38. The molecule has 0 saturated heterocycles.